The first-order valence-electron chi connectivity index (χ1n) is 4.68. The van der Waals surface area contributed by atoms with Crippen LogP contribution in [-0.2, 0) is 9.59 Å². The van der Waals surface area contributed by atoms with Gasteiger partial charge in [0.1, 0.15) is 5.41 Å². The van der Waals surface area contributed by atoms with Crippen molar-refractivity contribution in [1.82, 2.24) is 0 Å². The molecule has 0 aliphatic heterocycles. The van der Waals surface area contributed by atoms with Crippen molar-refractivity contribution in [3.05, 3.63) is 12.2 Å². The first-order chi connectivity index (χ1) is 6.17. The van der Waals surface area contributed by atoms with Crippen LogP contribution in [0.2, 0.25) is 0 Å². The highest BCUT2D eigenvalue weighted by molar-refractivity contribution is 6.08. The number of Topliss-reactive ketones (excluding diaryl/α,β-unsaturated/α-hetero) is 1. The van der Waals surface area contributed by atoms with Gasteiger partial charge in [0, 0.05) is 5.92 Å². The van der Waals surface area contributed by atoms with Crippen LogP contribution in [0, 0.1) is 11.3 Å². The second kappa shape index (κ2) is 2.69. The molecule has 0 aromatic carbocycles. The predicted octanol–water partition coefficient (Wildman–Crippen LogP) is 0.787. The molecular weight excluding hydrogens is 166 g/mol. The lowest BCUT2D eigenvalue weighted by atomic mass is 9.63. The zero-order chi connectivity index (χ0) is 9.47. The fraction of sp³-hybridized carbons (Fsp3) is 0.600. The average Bonchev–Trinajstić information content (AvgIpc) is 2.03. The fourth-order valence-electron chi connectivity index (χ4n) is 2.40. The molecule has 0 aromatic heterocycles. The predicted molar refractivity (Wildman–Crippen MR) is 47.7 cm³/mol. The Balaban J connectivity index is 2.42. The molecule has 2 N–H and O–H groups in total. The lowest BCUT2D eigenvalue weighted by molar-refractivity contribution is -0.145. The molecule has 3 heteroatoms. The van der Waals surface area contributed by atoms with E-state index in [2.05, 4.69) is 0 Å². The van der Waals surface area contributed by atoms with Crippen LogP contribution in [0.5, 0.6) is 0 Å². The number of carbonyl (C=O) groups is 2. The summed E-state index contributed by atoms with van der Waals surface area (Å²) in [5.74, 6) is -0.435. The van der Waals surface area contributed by atoms with E-state index in [9.17, 15) is 9.59 Å². The largest absolute Gasteiger partial charge is 0.369 e. The van der Waals surface area contributed by atoms with E-state index in [0.717, 1.165) is 12.8 Å². The van der Waals surface area contributed by atoms with Crippen LogP contribution in [-0.4, -0.2) is 11.7 Å². The fourth-order valence-corrected chi connectivity index (χ4v) is 2.40. The molecule has 3 nitrogen and oxygen atoms in total. The molecule has 1 amide bonds. The maximum absolute atomic E-state index is 11.8. The van der Waals surface area contributed by atoms with E-state index in [-0.39, 0.29) is 11.7 Å². The number of hydrogen-bond donors (Lipinski definition) is 1. The van der Waals surface area contributed by atoms with E-state index in [4.69, 9.17) is 5.73 Å². The third-order valence-electron chi connectivity index (χ3n) is 3.23. The highest BCUT2D eigenvalue weighted by atomic mass is 16.2. The molecule has 1 fully saturated rings. The lowest BCUT2D eigenvalue weighted by Gasteiger charge is -2.38. The number of rotatable bonds is 1. The van der Waals surface area contributed by atoms with Gasteiger partial charge in [-0.15, -0.1) is 0 Å². The molecule has 2 bridgehead atoms. The number of fused-ring (bicyclic) bond motifs is 2. The summed E-state index contributed by atoms with van der Waals surface area (Å²) in [6.45, 7) is 0. The second-order valence-corrected chi connectivity index (χ2v) is 3.94. The molecule has 13 heavy (non-hydrogen) atoms. The van der Waals surface area contributed by atoms with Gasteiger partial charge in [0.15, 0.2) is 5.78 Å². The van der Waals surface area contributed by atoms with Crippen LogP contribution in [0.25, 0.3) is 0 Å². The van der Waals surface area contributed by atoms with Gasteiger partial charge in [0.25, 0.3) is 0 Å². The average molecular weight is 179 g/mol. The van der Waals surface area contributed by atoms with Crippen molar-refractivity contribution in [2.75, 3.05) is 0 Å². The number of amides is 1. The lowest BCUT2D eigenvalue weighted by Crippen LogP contribution is -2.50. The van der Waals surface area contributed by atoms with Crippen molar-refractivity contribution < 1.29 is 9.59 Å². The van der Waals surface area contributed by atoms with Crippen LogP contribution in [0.1, 0.15) is 25.7 Å². The van der Waals surface area contributed by atoms with Gasteiger partial charge in [0.2, 0.25) is 5.91 Å². The monoisotopic (exact) mass is 179 g/mol. The maximum atomic E-state index is 11.8. The number of primary amides is 1. The summed E-state index contributed by atoms with van der Waals surface area (Å²) in [5.41, 5.74) is 4.46. The topological polar surface area (TPSA) is 60.2 Å². The first kappa shape index (κ1) is 8.48. The molecular formula is C10H13NO2. The van der Waals surface area contributed by atoms with Gasteiger partial charge in [-0.05, 0) is 19.3 Å². The van der Waals surface area contributed by atoms with Crippen molar-refractivity contribution in [2.45, 2.75) is 25.7 Å². The third-order valence-corrected chi connectivity index (χ3v) is 3.23. The highest BCUT2D eigenvalue weighted by Crippen LogP contribution is 2.42. The van der Waals surface area contributed by atoms with E-state index in [1.165, 1.54) is 0 Å². The Kier molecular flexibility index (Phi) is 1.75. The zero-order valence-corrected chi connectivity index (χ0v) is 7.45. The molecule has 0 aromatic rings. The molecule has 2 aliphatic rings. The van der Waals surface area contributed by atoms with E-state index in [0.29, 0.717) is 12.8 Å². The highest BCUT2D eigenvalue weighted by Gasteiger charge is 2.49. The zero-order valence-electron chi connectivity index (χ0n) is 7.45. The Morgan fingerprint density at radius 2 is 2.38 bits per heavy atom. The van der Waals surface area contributed by atoms with Crippen molar-refractivity contribution in [1.29, 1.82) is 0 Å². The van der Waals surface area contributed by atoms with Gasteiger partial charge in [-0.1, -0.05) is 18.6 Å². The van der Waals surface area contributed by atoms with E-state index >= 15 is 0 Å². The molecule has 0 heterocycles. The molecule has 0 saturated heterocycles. The first-order valence-corrected chi connectivity index (χ1v) is 4.68. The van der Waals surface area contributed by atoms with Crippen molar-refractivity contribution in [2.24, 2.45) is 17.1 Å². The number of hydrogen-bond acceptors (Lipinski definition) is 2. The molecule has 0 spiro atoms. The maximum Gasteiger partial charge on any atom is 0.231 e. The smallest absolute Gasteiger partial charge is 0.231 e. The quantitative estimate of drug-likeness (QED) is 0.478. The number of ketones is 1. The number of nitrogens with two attached hydrogens (primary N) is 1. The Morgan fingerprint density at radius 1 is 1.62 bits per heavy atom. The summed E-state index contributed by atoms with van der Waals surface area (Å²) < 4.78 is 0. The van der Waals surface area contributed by atoms with Crippen molar-refractivity contribution >= 4 is 11.7 Å². The Labute approximate surface area is 77.0 Å². The van der Waals surface area contributed by atoms with Crippen LogP contribution in [0.3, 0.4) is 0 Å². The second-order valence-electron chi connectivity index (χ2n) is 3.94. The summed E-state index contributed by atoms with van der Waals surface area (Å²) in [4.78, 5) is 23.1. The molecule has 2 rings (SSSR count). The van der Waals surface area contributed by atoms with Gasteiger partial charge >= 0.3 is 0 Å². The molecule has 0 unspecified atom stereocenters. The third kappa shape index (κ3) is 1.03. The standard InChI is InChI=1S/C10H13NO2/c11-9(13)10-5-1-3-7(8(10)12)4-2-6-10/h1,3,7H,2,4-6H2,(H2,11,13)/t7-,10-/m1/s1. The molecule has 0 radical (unpaired) electrons. The SMILES string of the molecule is NC(=O)[C@]12CC=C[C@H](CCC1)C2=O. The minimum absolute atomic E-state index is 0.0463. The van der Waals surface area contributed by atoms with Crippen LogP contribution in [0.4, 0.5) is 0 Å². The van der Waals surface area contributed by atoms with E-state index in [1.54, 1.807) is 0 Å². The number of carbonyl (C=O) groups excluding carboxylic acids is 2. The summed E-state index contributed by atoms with van der Waals surface area (Å²) in [6.07, 6.45) is 6.81. The Morgan fingerprint density at radius 3 is 3.00 bits per heavy atom. The van der Waals surface area contributed by atoms with Crippen LogP contribution < -0.4 is 5.73 Å². The van der Waals surface area contributed by atoms with Gasteiger partial charge in [-0.2, -0.15) is 0 Å². The molecule has 1 saturated carbocycles. The molecule has 2 atom stereocenters. The van der Waals surface area contributed by atoms with Crippen molar-refractivity contribution in [3.8, 4) is 0 Å². The minimum Gasteiger partial charge on any atom is -0.369 e. The number of allylic oxidation sites excluding steroid dienone is 2. The minimum atomic E-state index is -0.850. The summed E-state index contributed by atoms with van der Waals surface area (Å²) >= 11 is 0. The molecule has 2 aliphatic carbocycles. The summed E-state index contributed by atoms with van der Waals surface area (Å²) in [5, 5.41) is 0. The van der Waals surface area contributed by atoms with E-state index < -0.39 is 11.3 Å². The Bertz CT molecular complexity index is 295. The van der Waals surface area contributed by atoms with Gasteiger partial charge in [-0.3, -0.25) is 9.59 Å². The van der Waals surface area contributed by atoms with Gasteiger partial charge < -0.3 is 5.73 Å². The molecule has 70 valence electrons. The van der Waals surface area contributed by atoms with Gasteiger partial charge in [-0.25, -0.2) is 0 Å². The van der Waals surface area contributed by atoms with Crippen molar-refractivity contribution in [3.63, 3.8) is 0 Å². The normalized spacial score (nSPS) is 37.5. The summed E-state index contributed by atoms with van der Waals surface area (Å²) in [6, 6.07) is 0. The summed E-state index contributed by atoms with van der Waals surface area (Å²) in [7, 11) is 0. The van der Waals surface area contributed by atoms with E-state index in [1.807, 2.05) is 12.2 Å². The van der Waals surface area contributed by atoms with Gasteiger partial charge in [0.05, 0.1) is 0 Å². The Hall–Kier alpha value is -1.12. The van der Waals surface area contributed by atoms with Crippen LogP contribution in [0.15, 0.2) is 12.2 Å². The van der Waals surface area contributed by atoms with Crippen LogP contribution >= 0.6 is 0 Å².